The van der Waals surface area contributed by atoms with Crippen LogP contribution >= 0.6 is 21.6 Å². The molecule has 1 aliphatic heterocycles. The quantitative estimate of drug-likeness (QED) is 0.494. The summed E-state index contributed by atoms with van der Waals surface area (Å²) in [5.74, 6) is 1.22. The Bertz CT molecular complexity index is 127. The van der Waals surface area contributed by atoms with Crippen LogP contribution in [0, 0.1) is 0 Å². The highest BCUT2D eigenvalue weighted by molar-refractivity contribution is 8.77. The molecule has 0 saturated carbocycles. The molecule has 1 atom stereocenters. The van der Waals surface area contributed by atoms with Crippen LogP contribution in [0.2, 0.25) is 0 Å². The van der Waals surface area contributed by atoms with E-state index >= 15 is 0 Å². The summed E-state index contributed by atoms with van der Waals surface area (Å²) >= 11 is 0. The Kier molecular flexibility index (Phi) is 6.82. The van der Waals surface area contributed by atoms with Crippen LogP contribution in [0.3, 0.4) is 0 Å². The molecular weight excluding hydrogens is 200 g/mol. The van der Waals surface area contributed by atoms with Crippen molar-refractivity contribution in [1.82, 2.24) is 0 Å². The van der Waals surface area contributed by atoms with Crippen molar-refractivity contribution in [2.75, 3.05) is 5.75 Å². The number of carbonyl (C=O) groups excluding carboxylic acids is 1. The molecule has 0 aromatic carbocycles. The minimum Gasteiger partial charge on any atom is -0.302 e. The molecule has 0 bridgehead atoms. The predicted octanol–water partition coefficient (Wildman–Crippen LogP) is 3.68. The van der Waals surface area contributed by atoms with Crippen LogP contribution in [-0.4, -0.2) is 17.3 Å². The lowest BCUT2D eigenvalue weighted by atomic mass is 10.1. The van der Waals surface area contributed by atoms with Gasteiger partial charge in [0.25, 0.3) is 0 Å². The molecule has 0 spiro atoms. The van der Waals surface area contributed by atoms with Gasteiger partial charge in [-0.05, 0) is 12.8 Å². The van der Waals surface area contributed by atoms with Gasteiger partial charge in [0.1, 0.15) is 6.29 Å². The zero-order valence-electron chi connectivity index (χ0n) is 8.04. The first kappa shape index (κ1) is 11.4. The molecule has 3 heteroatoms. The van der Waals surface area contributed by atoms with Gasteiger partial charge in [-0.15, -0.1) is 0 Å². The third-order valence-corrected chi connectivity index (χ3v) is 5.14. The van der Waals surface area contributed by atoms with Gasteiger partial charge in [0, 0.05) is 5.75 Å². The van der Waals surface area contributed by atoms with Crippen LogP contribution in [0.25, 0.3) is 0 Å². The Morgan fingerprint density at radius 3 is 2.46 bits per heavy atom. The van der Waals surface area contributed by atoms with Gasteiger partial charge in [-0.3, -0.25) is 0 Å². The second kappa shape index (κ2) is 7.74. The van der Waals surface area contributed by atoms with Crippen LogP contribution in [0.15, 0.2) is 0 Å². The van der Waals surface area contributed by atoms with E-state index in [1.54, 1.807) is 10.8 Å². The molecule has 1 heterocycles. The van der Waals surface area contributed by atoms with Crippen LogP contribution in [0.5, 0.6) is 0 Å². The second-order valence-electron chi connectivity index (χ2n) is 3.50. The van der Waals surface area contributed by atoms with E-state index in [4.69, 9.17) is 0 Å². The summed E-state index contributed by atoms with van der Waals surface area (Å²) < 4.78 is 0. The Balaban J connectivity index is 2.22. The smallest absolute Gasteiger partial charge is 0.133 e. The summed E-state index contributed by atoms with van der Waals surface area (Å²) in [6.07, 6.45) is 10.2. The van der Waals surface area contributed by atoms with Crippen molar-refractivity contribution in [2.45, 2.75) is 50.2 Å². The molecule has 76 valence electrons. The fourth-order valence-electron chi connectivity index (χ4n) is 1.49. The minimum atomic E-state index is 0.253. The van der Waals surface area contributed by atoms with E-state index in [2.05, 4.69) is 0 Å². The largest absolute Gasteiger partial charge is 0.302 e. The summed E-state index contributed by atoms with van der Waals surface area (Å²) in [6, 6.07) is 0. The molecular formula is C10H18OS2. The zero-order chi connectivity index (χ0) is 9.36. The number of rotatable bonds is 1. The van der Waals surface area contributed by atoms with E-state index in [1.807, 2.05) is 10.8 Å². The highest BCUT2D eigenvalue weighted by Gasteiger charge is 2.08. The SMILES string of the molecule is O=CC1CCCCCCCCSS1. The maximum atomic E-state index is 10.7. The lowest BCUT2D eigenvalue weighted by Gasteiger charge is -2.06. The first-order valence-corrected chi connectivity index (χ1v) is 7.55. The Morgan fingerprint density at radius 2 is 1.69 bits per heavy atom. The molecule has 0 radical (unpaired) electrons. The fraction of sp³-hybridized carbons (Fsp3) is 0.900. The first-order chi connectivity index (χ1) is 6.43. The van der Waals surface area contributed by atoms with E-state index in [-0.39, 0.29) is 5.25 Å². The number of hydrogen-bond acceptors (Lipinski definition) is 3. The van der Waals surface area contributed by atoms with Crippen LogP contribution in [0.4, 0.5) is 0 Å². The van der Waals surface area contributed by atoms with Crippen molar-refractivity contribution in [1.29, 1.82) is 0 Å². The topological polar surface area (TPSA) is 17.1 Å². The lowest BCUT2D eigenvalue weighted by molar-refractivity contribution is -0.107. The summed E-state index contributed by atoms with van der Waals surface area (Å²) in [5, 5.41) is 0.253. The Hall–Kier alpha value is 0.370. The average molecular weight is 218 g/mol. The van der Waals surface area contributed by atoms with Gasteiger partial charge in [0.05, 0.1) is 5.25 Å². The van der Waals surface area contributed by atoms with Crippen molar-refractivity contribution in [3.8, 4) is 0 Å². The summed E-state index contributed by atoms with van der Waals surface area (Å²) in [5.41, 5.74) is 0. The Labute approximate surface area is 88.8 Å². The van der Waals surface area contributed by atoms with Crippen molar-refractivity contribution >= 4 is 27.9 Å². The van der Waals surface area contributed by atoms with Crippen molar-refractivity contribution in [2.24, 2.45) is 0 Å². The number of aldehydes is 1. The molecule has 1 saturated heterocycles. The molecule has 1 aliphatic rings. The highest BCUT2D eigenvalue weighted by Crippen LogP contribution is 2.30. The third kappa shape index (κ3) is 5.63. The normalized spacial score (nSPS) is 27.5. The molecule has 1 nitrogen and oxygen atoms in total. The van der Waals surface area contributed by atoms with E-state index in [9.17, 15) is 4.79 Å². The monoisotopic (exact) mass is 218 g/mol. The maximum absolute atomic E-state index is 10.7. The standard InChI is InChI=1S/C10H18OS2/c11-9-10-7-5-3-1-2-4-6-8-12-13-10/h9-10H,1-8H2. The van der Waals surface area contributed by atoms with Crippen LogP contribution < -0.4 is 0 Å². The fourth-order valence-corrected chi connectivity index (χ4v) is 3.98. The molecule has 0 aromatic heterocycles. The maximum Gasteiger partial charge on any atom is 0.133 e. The van der Waals surface area contributed by atoms with Crippen molar-refractivity contribution < 1.29 is 4.79 Å². The highest BCUT2D eigenvalue weighted by atomic mass is 33.1. The van der Waals surface area contributed by atoms with Crippen LogP contribution in [-0.2, 0) is 4.79 Å². The number of hydrogen-bond donors (Lipinski definition) is 0. The van der Waals surface area contributed by atoms with Crippen molar-refractivity contribution in [3.05, 3.63) is 0 Å². The minimum absolute atomic E-state index is 0.253. The second-order valence-corrected chi connectivity index (χ2v) is 6.23. The average Bonchev–Trinajstić information content (AvgIpc) is 2.22. The van der Waals surface area contributed by atoms with Gasteiger partial charge in [-0.1, -0.05) is 53.7 Å². The zero-order valence-corrected chi connectivity index (χ0v) is 9.67. The van der Waals surface area contributed by atoms with E-state index in [0.717, 1.165) is 12.7 Å². The molecule has 1 unspecified atom stereocenters. The van der Waals surface area contributed by atoms with E-state index in [1.165, 1.54) is 44.3 Å². The third-order valence-electron chi connectivity index (χ3n) is 2.31. The summed E-state index contributed by atoms with van der Waals surface area (Å²) in [6.45, 7) is 0. The van der Waals surface area contributed by atoms with Gasteiger partial charge >= 0.3 is 0 Å². The molecule has 1 rings (SSSR count). The molecule has 1 fully saturated rings. The summed E-state index contributed by atoms with van der Waals surface area (Å²) in [4.78, 5) is 10.7. The molecule has 13 heavy (non-hydrogen) atoms. The first-order valence-electron chi connectivity index (χ1n) is 5.17. The van der Waals surface area contributed by atoms with Gasteiger partial charge in [0.2, 0.25) is 0 Å². The lowest BCUT2D eigenvalue weighted by Crippen LogP contribution is -2.02. The predicted molar refractivity (Wildman–Crippen MR) is 62.2 cm³/mol. The van der Waals surface area contributed by atoms with Crippen LogP contribution in [0.1, 0.15) is 44.9 Å². The van der Waals surface area contributed by atoms with Gasteiger partial charge in [-0.25, -0.2) is 0 Å². The van der Waals surface area contributed by atoms with Gasteiger partial charge in [0.15, 0.2) is 0 Å². The molecule has 0 aromatic rings. The van der Waals surface area contributed by atoms with Crippen molar-refractivity contribution in [3.63, 3.8) is 0 Å². The van der Waals surface area contributed by atoms with Gasteiger partial charge in [-0.2, -0.15) is 0 Å². The van der Waals surface area contributed by atoms with Gasteiger partial charge < -0.3 is 4.79 Å². The Morgan fingerprint density at radius 1 is 1.00 bits per heavy atom. The summed E-state index contributed by atoms with van der Waals surface area (Å²) in [7, 11) is 3.66. The van der Waals surface area contributed by atoms with E-state index < -0.39 is 0 Å². The molecule has 0 aliphatic carbocycles. The number of carbonyl (C=O) groups is 1. The van der Waals surface area contributed by atoms with E-state index in [0.29, 0.717) is 0 Å². The molecule has 0 amide bonds. The molecule has 0 N–H and O–H groups in total.